The summed E-state index contributed by atoms with van der Waals surface area (Å²) in [6.45, 7) is 2.54. The van der Waals surface area contributed by atoms with Crippen LogP contribution in [0.15, 0.2) is 87.5 Å². The van der Waals surface area contributed by atoms with Crippen molar-refractivity contribution in [1.82, 2.24) is 20.2 Å². The van der Waals surface area contributed by atoms with E-state index in [9.17, 15) is 4.79 Å². The van der Waals surface area contributed by atoms with Crippen LogP contribution in [-0.4, -0.2) is 46.4 Å². The summed E-state index contributed by atoms with van der Waals surface area (Å²) in [4.78, 5) is 12.5. The molecular formula is C26H24BrN5O3S. The summed E-state index contributed by atoms with van der Waals surface area (Å²) in [5, 5.41) is 13.4. The zero-order valence-corrected chi connectivity index (χ0v) is 22.1. The number of benzene rings is 3. The fraction of sp³-hybridized carbons (Fsp3) is 0.154. The van der Waals surface area contributed by atoms with E-state index in [1.54, 1.807) is 13.3 Å². The lowest BCUT2D eigenvalue weighted by molar-refractivity contribution is -0.118. The first-order chi connectivity index (χ1) is 17.6. The monoisotopic (exact) mass is 565 g/mol. The van der Waals surface area contributed by atoms with Crippen molar-refractivity contribution in [2.24, 2.45) is 5.10 Å². The van der Waals surface area contributed by atoms with Crippen LogP contribution in [0.25, 0.3) is 17.1 Å². The standard InChI is InChI=1S/C26H24BrN5O3S/c1-3-35-22-12-10-21(11-13-22)32-25(18-7-5-4-6-8-18)30-31-26(32)36-17-24(33)29-28-16-19-15-20(27)9-14-23(19)34-2/h4-16H,3,17H2,1-2H3,(H,29,33)/b28-16-. The molecule has 184 valence electrons. The highest BCUT2D eigenvalue weighted by molar-refractivity contribution is 9.10. The number of hydrazone groups is 1. The fourth-order valence-corrected chi connectivity index (χ4v) is 4.49. The maximum absolute atomic E-state index is 12.5. The molecule has 10 heteroatoms. The molecule has 0 aliphatic carbocycles. The number of hydrogen-bond acceptors (Lipinski definition) is 7. The first kappa shape index (κ1) is 25.5. The van der Waals surface area contributed by atoms with E-state index in [2.05, 4.69) is 36.7 Å². The lowest BCUT2D eigenvalue weighted by Crippen LogP contribution is -2.20. The van der Waals surface area contributed by atoms with Crippen LogP contribution in [0.3, 0.4) is 0 Å². The highest BCUT2D eigenvalue weighted by Crippen LogP contribution is 2.29. The third-order valence-corrected chi connectivity index (χ3v) is 6.41. The van der Waals surface area contributed by atoms with Gasteiger partial charge in [0.1, 0.15) is 11.5 Å². The van der Waals surface area contributed by atoms with Gasteiger partial charge in [0.05, 0.1) is 25.7 Å². The van der Waals surface area contributed by atoms with Crippen LogP contribution in [0.5, 0.6) is 11.5 Å². The van der Waals surface area contributed by atoms with Gasteiger partial charge in [-0.05, 0) is 49.4 Å². The molecule has 4 aromatic rings. The fourth-order valence-electron chi connectivity index (χ4n) is 3.37. The maximum Gasteiger partial charge on any atom is 0.250 e. The SMILES string of the molecule is CCOc1ccc(-n2c(SCC(=O)N/N=C\c3cc(Br)ccc3OC)nnc2-c2ccccc2)cc1. The number of carbonyl (C=O) groups excluding carboxylic acids is 1. The summed E-state index contributed by atoms with van der Waals surface area (Å²) in [7, 11) is 1.58. The minimum absolute atomic E-state index is 0.108. The van der Waals surface area contributed by atoms with Crippen molar-refractivity contribution >= 4 is 39.8 Å². The molecule has 0 unspecified atom stereocenters. The van der Waals surface area contributed by atoms with Crippen molar-refractivity contribution in [2.75, 3.05) is 19.5 Å². The first-order valence-corrected chi connectivity index (χ1v) is 12.9. The molecule has 1 N–H and O–H groups in total. The van der Waals surface area contributed by atoms with Gasteiger partial charge in [0.2, 0.25) is 0 Å². The number of aromatic nitrogens is 3. The molecule has 0 atom stereocenters. The Hall–Kier alpha value is -3.63. The second-order valence-electron chi connectivity index (χ2n) is 7.40. The number of amides is 1. The van der Waals surface area contributed by atoms with Crippen molar-refractivity contribution < 1.29 is 14.3 Å². The van der Waals surface area contributed by atoms with Gasteiger partial charge < -0.3 is 9.47 Å². The van der Waals surface area contributed by atoms with Crippen LogP contribution < -0.4 is 14.9 Å². The number of ether oxygens (including phenoxy) is 2. The number of carbonyl (C=O) groups is 1. The molecule has 3 aromatic carbocycles. The zero-order chi connectivity index (χ0) is 25.3. The van der Waals surface area contributed by atoms with Crippen LogP contribution >= 0.6 is 27.7 Å². The van der Waals surface area contributed by atoms with Gasteiger partial charge >= 0.3 is 0 Å². The van der Waals surface area contributed by atoms with Gasteiger partial charge in [-0.2, -0.15) is 5.10 Å². The summed E-state index contributed by atoms with van der Waals surface area (Å²) in [6, 6.07) is 23.0. The lowest BCUT2D eigenvalue weighted by Gasteiger charge is -2.11. The normalized spacial score (nSPS) is 11.0. The number of thioether (sulfide) groups is 1. The predicted octanol–water partition coefficient (Wildman–Crippen LogP) is 5.35. The molecule has 0 saturated carbocycles. The Morgan fingerprint density at radius 3 is 2.61 bits per heavy atom. The van der Waals surface area contributed by atoms with Crippen LogP contribution in [0, 0.1) is 0 Å². The molecule has 8 nitrogen and oxygen atoms in total. The number of halogens is 1. The van der Waals surface area contributed by atoms with Crippen LogP contribution in [-0.2, 0) is 4.79 Å². The van der Waals surface area contributed by atoms with Crippen molar-refractivity contribution in [3.8, 4) is 28.6 Å². The smallest absolute Gasteiger partial charge is 0.250 e. The molecule has 1 heterocycles. The molecular weight excluding hydrogens is 542 g/mol. The molecule has 0 radical (unpaired) electrons. The van der Waals surface area contributed by atoms with Crippen molar-refractivity contribution in [3.05, 3.63) is 82.8 Å². The predicted molar refractivity (Wildman–Crippen MR) is 145 cm³/mol. The summed E-state index contributed by atoms with van der Waals surface area (Å²) < 4.78 is 13.7. The Morgan fingerprint density at radius 2 is 1.89 bits per heavy atom. The summed E-state index contributed by atoms with van der Waals surface area (Å²) in [6.07, 6.45) is 1.54. The molecule has 1 amide bonds. The van der Waals surface area contributed by atoms with E-state index in [0.29, 0.717) is 23.3 Å². The molecule has 0 saturated heterocycles. The van der Waals surface area contributed by atoms with Gasteiger partial charge in [-0.25, -0.2) is 5.43 Å². The molecule has 36 heavy (non-hydrogen) atoms. The average Bonchev–Trinajstić information content (AvgIpc) is 3.33. The Labute approximate surface area is 221 Å². The van der Waals surface area contributed by atoms with Crippen molar-refractivity contribution in [1.29, 1.82) is 0 Å². The Kier molecular flexibility index (Phi) is 8.75. The topological polar surface area (TPSA) is 90.6 Å². The molecule has 0 spiro atoms. The highest BCUT2D eigenvalue weighted by atomic mass is 79.9. The Balaban J connectivity index is 1.50. The number of nitrogens with one attached hydrogen (secondary N) is 1. The molecule has 1 aromatic heterocycles. The summed E-state index contributed by atoms with van der Waals surface area (Å²) >= 11 is 4.70. The average molecular weight is 566 g/mol. The number of hydrogen-bond donors (Lipinski definition) is 1. The van der Waals surface area contributed by atoms with Crippen LogP contribution in [0.2, 0.25) is 0 Å². The van der Waals surface area contributed by atoms with Crippen molar-refractivity contribution in [3.63, 3.8) is 0 Å². The Bertz CT molecular complexity index is 1340. The van der Waals surface area contributed by atoms with Crippen LogP contribution in [0.1, 0.15) is 12.5 Å². The van der Waals surface area contributed by atoms with Gasteiger partial charge in [-0.15, -0.1) is 10.2 Å². The van der Waals surface area contributed by atoms with E-state index in [0.717, 1.165) is 27.0 Å². The molecule has 4 rings (SSSR count). The second-order valence-corrected chi connectivity index (χ2v) is 9.26. The molecule has 0 aliphatic rings. The zero-order valence-electron chi connectivity index (χ0n) is 19.7. The van der Waals surface area contributed by atoms with E-state index in [4.69, 9.17) is 9.47 Å². The lowest BCUT2D eigenvalue weighted by atomic mass is 10.2. The number of nitrogens with zero attached hydrogens (tertiary/aromatic N) is 4. The second kappa shape index (κ2) is 12.4. The largest absolute Gasteiger partial charge is 0.496 e. The maximum atomic E-state index is 12.5. The molecule has 0 aliphatic heterocycles. The van der Waals surface area contributed by atoms with Gasteiger partial charge in [0.15, 0.2) is 11.0 Å². The van der Waals surface area contributed by atoms with Gasteiger partial charge in [-0.3, -0.25) is 9.36 Å². The van der Waals surface area contributed by atoms with E-state index in [1.807, 2.05) is 84.3 Å². The molecule has 0 fully saturated rings. The van der Waals surface area contributed by atoms with E-state index >= 15 is 0 Å². The van der Waals surface area contributed by atoms with Gasteiger partial charge in [-0.1, -0.05) is 58.0 Å². The first-order valence-electron chi connectivity index (χ1n) is 11.1. The van der Waals surface area contributed by atoms with E-state index in [1.165, 1.54) is 11.8 Å². The third-order valence-electron chi connectivity index (χ3n) is 4.99. The highest BCUT2D eigenvalue weighted by Gasteiger charge is 2.17. The minimum Gasteiger partial charge on any atom is -0.496 e. The van der Waals surface area contributed by atoms with E-state index in [-0.39, 0.29) is 11.7 Å². The third kappa shape index (κ3) is 6.32. The van der Waals surface area contributed by atoms with Gasteiger partial charge in [0.25, 0.3) is 5.91 Å². The van der Waals surface area contributed by atoms with Crippen molar-refractivity contribution in [2.45, 2.75) is 12.1 Å². The van der Waals surface area contributed by atoms with E-state index < -0.39 is 0 Å². The molecule has 0 bridgehead atoms. The minimum atomic E-state index is -0.271. The summed E-state index contributed by atoms with van der Waals surface area (Å²) in [5.74, 6) is 1.96. The number of methoxy groups -OCH3 is 1. The van der Waals surface area contributed by atoms with Crippen LogP contribution in [0.4, 0.5) is 0 Å². The quantitative estimate of drug-likeness (QED) is 0.158. The summed E-state index contributed by atoms with van der Waals surface area (Å²) in [5.41, 5.74) is 5.08. The van der Waals surface area contributed by atoms with Gasteiger partial charge in [0, 0.05) is 21.3 Å². The number of rotatable bonds is 10. The Morgan fingerprint density at radius 1 is 1.11 bits per heavy atom.